The first-order chi connectivity index (χ1) is 14.2. The van der Waals surface area contributed by atoms with Crippen LogP contribution < -0.4 is 0 Å². The summed E-state index contributed by atoms with van der Waals surface area (Å²) in [5.74, 6) is 1.29. The van der Waals surface area contributed by atoms with Crippen LogP contribution in [0.25, 0.3) is 21.8 Å². The summed E-state index contributed by atoms with van der Waals surface area (Å²) in [6, 6.07) is 23.3. The number of carbonyl (C=O) groups is 1. The van der Waals surface area contributed by atoms with Crippen LogP contribution in [-0.4, -0.2) is 33.4 Å². The number of likely N-dealkylation sites (tertiary alicyclic amines) is 1. The minimum atomic E-state index is 0.107. The highest BCUT2D eigenvalue weighted by atomic mass is 16.2. The van der Waals surface area contributed by atoms with Crippen molar-refractivity contribution in [1.82, 2.24) is 14.5 Å². The van der Waals surface area contributed by atoms with E-state index >= 15 is 0 Å². The summed E-state index contributed by atoms with van der Waals surface area (Å²) < 4.78 is 2.29. The molecule has 0 N–H and O–H groups in total. The second-order valence-corrected chi connectivity index (χ2v) is 7.71. The lowest BCUT2D eigenvalue weighted by Gasteiger charge is -2.16. The normalized spacial score (nSPS) is 16.8. The lowest BCUT2D eigenvalue weighted by Crippen LogP contribution is -2.25. The molecule has 1 fully saturated rings. The Morgan fingerprint density at radius 2 is 1.83 bits per heavy atom. The van der Waals surface area contributed by atoms with Gasteiger partial charge < -0.3 is 9.47 Å². The molecule has 5 rings (SSSR count). The number of benzene rings is 3. The monoisotopic (exact) mass is 381 g/mol. The summed E-state index contributed by atoms with van der Waals surface area (Å²) in [6.45, 7) is 5.82. The zero-order valence-corrected chi connectivity index (χ0v) is 16.3. The molecule has 0 aliphatic carbocycles. The highest BCUT2D eigenvalue weighted by Crippen LogP contribution is 2.31. The highest BCUT2D eigenvalue weighted by molar-refractivity contribution is 5.83. The molecular weight excluding hydrogens is 358 g/mol. The predicted octanol–water partition coefficient (Wildman–Crippen LogP) is 4.74. The molecule has 4 heteroatoms. The number of fused-ring (bicyclic) bond motifs is 2. The zero-order valence-electron chi connectivity index (χ0n) is 16.3. The number of para-hydroxylation sites is 2. The summed E-state index contributed by atoms with van der Waals surface area (Å²) in [5, 5.41) is 2.48. The van der Waals surface area contributed by atoms with Crippen molar-refractivity contribution in [1.29, 1.82) is 0 Å². The Hall–Kier alpha value is -3.40. The largest absolute Gasteiger partial charge is 0.338 e. The Balaban J connectivity index is 1.56. The standard InChI is InChI=1S/C25H23N3O/c1-2-13-27-17-21(15-24(27)29)25-26-22-9-5-6-10-23(22)28(25)16-18-11-12-19-7-3-4-8-20(19)14-18/h2-12,14,21H,1,13,15-17H2. The van der Waals surface area contributed by atoms with Crippen molar-refractivity contribution in [2.75, 3.05) is 13.1 Å². The van der Waals surface area contributed by atoms with Gasteiger partial charge in [-0.3, -0.25) is 4.79 Å². The fourth-order valence-corrected chi connectivity index (χ4v) is 4.37. The molecule has 0 saturated carbocycles. The molecule has 3 aromatic carbocycles. The minimum absolute atomic E-state index is 0.107. The molecule has 1 aromatic heterocycles. The van der Waals surface area contributed by atoms with Gasteiger partial charge in [0, 0.05) is 32.0 Å². The molecule has 0 spiro atoms. The average Bonchev–Trinajstić information content (AvgIpc) is 3.29. The van der Waals surface area contributed by atoms with E-state index in [0.29, 0.717) is 19.5 Å². The third kappa shape index (κ3) is 3.21. The van der Waals surface area contributed by atoms with Crippen LogP contribution in [0.5, 0.6) is 0 Å². The van der Waals surface area contributed by atoms with E-state index in [-0.39, 0.29) is 11.8 Å². The smallest absolute Gasteiger partial charge is 0.223 e. The van der Waals surface area contributed by atoms with E-state index < -0.39 is 0 Å². The van der Waals surface area contributed by atoms with Gasteiger partial charge in [0.2, 0.25) is 5.91 Å². The number of imidazole rings is 1. The maximum atomic E-state index is 12.4. The second-order valence-electron chi connectivity index (χ2n) is 7.71. The number of nitrogens with zero attached hydrogens (tertiary/aromatic N) is 3. The van der Waals surface area contributed by atoms with Crippen molar-refractivity contribution in [3.63, 3.8) is 0 Å². The van der Waals surface area contributed by atoms with Gasteiger partial charge in [0.1, 0.15) is 5.82 Å². The van der Waals surface area contributed by atoms with Gasteiger partial charge in [0.05, 0.1) is 11.0 Å². The zero-order chi connectivity index (χ0) is 19.8. The van der Waals surface area contributed by atoms with Crippen LogP contribution in [0.3, 0.4) is 0 Å². The molecule has 1 saturated heterocycles. The van der Waals surface area contributed by atoms with Crippen LogP contribution >= 0.6 is 0 Å². The SMILES string of the molecule is C=CCN1CC(c2nc3ccccc3n2Cc2ccc3ccccc3c2)CC1=O. The quantitative estimate of drug-likeness (QED) is 0.468. The molecule has 144 valence electrons. The van der Waals surface area contributed by atoms with E-state index in [0.717, 1.165) is 23.4 Å². The van der Waals surface area contributed by atoms with Gasteiger partial charge in [0.25, 0.3) is 0 Å². The number of amides is 1. The number of rotatable bonds is 5. The van der Waals surface area contributed by atoms with Crippen molar-refractivity contribution in [3.8, 4) is 0 Å². The van der Waals surface area contributed by atoms with Gasteiger partial charge in [-0.15, -0.1) is 6.58 Å². The first-order valence-corrected chi connectivity index (χ1v) is 10.0. The van der Waals surface area contributed by atoms with Crippen LogP contribution in [-0.2, 0) is 11.3 Å². The van der Waals surface area contributed by atoms with Crippen molar-refractivity contribution in [3.05, 3.63) is 90.8 Å². The molecule has 2 heterocycles. The van der Waals surface area contributed by atoms with E-state index in [1.165, 1.54) is 16.3 Å². The van der Waals surface area contributed by atoms with E-state index in [4.69, 9.17) is 4.98 Å². The van der Waals surface area contributed by atoms with E-state index in [1.807, 2.05) is 17.0 Å². The van der Waals surface area contributed by atoms with Crippen molar-refractivity contribution >= 4 is 27.7 Å². The van der Waals surface area contributed by atoms with E-state index in [2.05, 4.69) is 65.7 Å². The molecule has 4 nitrogen and oxygen atoms in total. The molecular formula is C25H23N3O. The lowest BCUT2D eigenvalue weighted by atomic mass is 10.1. The maximum absolute atomic E-state index is 12.4. The average molecular weight is 381 g/mol. The first kappa shape index (κ1) is 17.7. The number of hydrogen-bond acceptors (Lipinski definition) is 2. The Bertz CT molecular complexity index is 1220. The maximum Gasteiger partial charge on any atom is 0.223 e. The van der Waals surface area contributed by atoms with E-state index in [1.54, 1.807) is 6.08 Å². The number of hydrogen-bond donors (Lipinski definition) is 0. The minimum Gasteiger partial charge on any atom is -0.338 e. The van der Waals surface area contributed by atoms with Crippen LogP contribution in [0.4, 0.5) is 0 Å². The molecule has 1 unspecified atom stereocenters. The van der Waals surface area contributed by atoms with Gasteiger partial charge in [-0.2, -0.15) is 0 Å². The summed E-state index contributed by atoms with van der Waals surface area (Å²) in [7, 11) is 0. The molecule has 1 amide bonds. The summed E-state index contributed by atoms with van der Waals surface area (Å²) in [5.41, 5.74) is 3.34. The topological polar surface area (TPSA) is 38.1 Å². The molecule has 1 aliphatic heterocycles. The molecule has 0 radical (unpaired) electrons. The molecule has 1 atom stereocenters. The molecule has 1 aliphatic rings. The summed E-state index contributed by atoms with van der Waals surface area (Å²) >= 11 is 0. The first-order valence-electron chi connectivity index (χ1n) is 10.0. The van der Waals surface area contributed by atoms with Gasteiger partial charge in [-0.25, -0.2) is 4.98 Å². The van der Waals surface area contributed by atoms with Crippen LogP contribution in [0.1, 0.15) is 23.7 Å². The molecule has 29 heavy (non-hydrogen) atoms. The third-order valence-corrected chi connectivity index (χ3v) is 5.77. The van der Waals surface area contributed by atoms with Crippen LogP contribution in [0.2, 0.25) is 0 Å². The highest BCUT2D eigenvalue weighted by Gasteiger charge is 2.33. The molecule has 4 aromatic rings. The second kappa shape index (κ2) is 7.21. The Labute approximate surface area is 170 Å². The predicted molar refractivity (Wildman–Crippen MR) is 117 cm³/mol. The van der Waals surface area contributed by atoms with E-state index in [9.17, 15) is 4.79 Å². The van der Waals surface area contributed by atoms with Crippen molar-refractivity contribution in [2.24, 2.45) is 0 Å². The molecule has 0 bridgehead atoms. The van der Waals surface area contributed by atoms with Crippen molar-refractivity contribution in [2.45, 2.75) is 18.9 Å². The number of carbonyl (C=O) groups excluding carboxylic acids is 1. The van der Waals surface area contributed by atoms with Gasteiger partial charge in [0.15, 0.2) is 0 Å². The van der Waals surface area contributed by atoms with Gasteiger partial charge in [-0.05, 0) is 34.5 Å². The fourth-order valence-electron chi connectivity index (χ4n) is 4.37. The number of aromatic nitrogens is 2. The van der Waals surface area contributed by atoms with Crippen LogP contribution in [0.15, 0.2) is 79.4 Å². The lowest BCUT2D eigenvalue weighted by molar-refractivity contribution is -0.127. The van der Waals surface area contributed by atoms with Crippen LogP contribution in [0, 0.1) is 0 Å². The van der Waals surface area contributed by atoms with Gasteiger partial charge >= 0.3 is 0 Å². The Morgan fingerprint density at radius 1 is 1.03 bits per heavy atom. The summed E-state index contributed by atoms with van der Waals surface area (Å²) in [6.07, 6.45) is 2.30. The third-order valence-electron chi connectivity index (χ3n) is 5.77. The Kier molecular flexibility index (Phi) is 4.39. The fraction of sp³-hybridized carbons (Fsp3) is 0.200. The summed E-state index contributed by atoms with van der Waals surface area (Å²) in [4.78, 5) is 19.2. The van der Waals surface area contributed by atoms with Gasteiger partial charge in [-0.1, -0.05) is 54.6 Å². The Morgan fingerprint density at radius 3 is 2.69 bits per heavy atom. The van der Waals surface area contributed by atoms with Crippen molar-refractivity contribution < 1.29 is 4.79 Å².